The third kappa shape index (κ3) is 2.55. The van der Waals surface area contributed by atoms with Crippen molar-refractivity contribution in [3.05, 3.63) is 30.3 Å². The fourth-order valence-corrected chi connectivity index (χ4v) is 1.11. The minimum absolute atomic E-state index is 0.368. The van der Waals surface area contributed by atoms with Gasteiger partial charge < -0.3 is 10.6 Å². The van der Waals surface area contributed by atoms with Crippen LogP contribution in [0.2, 0.25) is 0 Å². The molecule has 0 aromatic heterocycles. The second-order valence-corrected chi connectivity index (χ2v) is 2.76. The van der Waals surface area contributed by atoms with Crippen molar-refractivity contribution in [2.45, 2.75) is 19.5 Å². The summed E-state index contributed by atoms with van der Waals surface area (Å²) in [5.74, 6) is 0. The van der Waals surface area contributed by atoms with E-state index in [1.807, 2.05) is 25.2 Å². The highest BCUT2D eigenvalue weighted by atomic mass is 15.1. The van der Waals surface area contributed by atoms with E-state index in [1.165, 1.54) is 5.69 Å². The summed E-state index contributed by atoms with van der Waals surface area (Å²) in [6.07, 6.45) is 1.44. The molecule has 12 heavy (non-hydrogen) atoms. The zero-order chi connectivity index (χ0) is 8.81. The molecule has 0 saturated heterocycles. The van der Waals surface area contributed by atoms with E-state index >= 15 is 0 Å². The molecular weight excluding hydrogens is 148 g/mol. The molecule has 1 rings (SSSR count). The maximum atomic E-state index is 3.37. The van der Waals surface area contributed by atoms with E-state index in [9.17, 15) is 0 Å². The summed E-state index contributed by atoms with van der Waals surface area (Å²) in [6, 6.07) is 10.2. The van der Waals surface area contributed by atoms with Gasteiger partial charge in [-0.3, -0.25) is 0 Å². The van der Waals surface area contributed by atoms with Crippen molar-refractivity contribution in [3.63, 3.8) is 0 Å². The van der Waals surface area contributed by atoms with E-state index in [0.29, 0.717) is 6.17 Å². The number of nitrogens with one attached hydrogen (secondary N) is 2. The largest absolute Gasteiger partial charge is 0.370 e. The molecule has 0 aliphatic rings. The molecule has 0 radical (unpaired) electrons. The van der Waals surface area contributed by atoms with Crippen LogP contribution in [0.5, 0.6) is 0 Å². The first kappa shape index (κ1) is 9.07. The Labute approximate surface area is 74.0 Å². The van der Waals surface area contributed by atoms with Gasteiger partial charge in [-0.25, -0.2) is 0 Å². The average molecular weight is 164 g/mol. The number of para-hydroxylation sites is 1. The Hall–Kier alpha value is -1.02. The van der Waals surface area contributed by atoms with Gasteiger partial charge in [-0.05, 0) is 25.6 Å². The molecule has 0 spiro atoms. The first-order valence-electron chi connectivity index (χ1n) is 4.35. The van der Waals surface area contributed by atoms with Crippen molar-refractivity contribution < 1.29 is 0 Å². The summed E-state index contributed by atoms with van der Waals surface area (Å²) in [7, 11) is 1.96. The van der Waals surface area contributed by atoms with Crippen molar-refractivity contribution >= 4 is 5.69 Å². The molecular formula is C10H16N2. The fraction of sp³-hybridized carbons (Fsp3) is 0.400. The standard InChI is InChI=1S/C10H16N2/c1-3-10(11-2)12-9-7-5-4-6-8-9/h4-8,10-12H,3H2,1-2H3. The fourth-order valence-electron chi connectivity index (χ4n) is 1.11. The molecule has 0 bridgehead atoms. The van der Waals surface area contributed by atoms with Crippen LogP contribution in [0, 0.1) is 0 Å². The van der Waals surface area contributed by atoms with E-state index in [-0.39, 0.29) is 0 Å². The predicted molar refractivity (Wildman–Crippen MR) is 53.2 cm³/mol. The summed E-state index contributed by atoms with van der Waals surface area (Å²) < 4.78 is 0. The van der Waals surface area contributed by atoms with Gasteiger partial charge in [0.1, 0.15) is 0 Å². The third-order valence-corrected chi connectivity index (χ3v) is 1.87. The quantitative estimate of drug-likeness (QED) is 0.665. The molecule has 2 N–H and O–H groups in total. The van der Waals surface area contributed by atoms with Crippen LogP contribution in [0.1, 0.15) is 13.3 Å². The smallest absolute Gasteiger partial charge is 0.0763 e. The molecule has 1 aromatic carbocycles. The topological polar surface area (TPSA) is 24.1 Å². The molecule has 2 nitrogen and oxygen atoms in total. The van der Waals surface area contributed by atoms with E-state index in [4.69, 9.17) is 0 Å². The summed E-state index contributed by atoms with van der Waals surface area (Å²) in [4.78, 5) is 0. The van der Waals surface area contributed by atoms with Crippen LogP contribution in [0.4, 0.5) is 5.69 Å². The number of hydrogen-bond acceptors (Lipinski definition) is 2. The predicted octanol–water partition coefficient (Wildman–Crippen LogP) is 2.05. The first-order valence-corrected chi connectivity index (χ1v) is 4.35. The van der Waals surface area contributed by atoms with Crippen LogP contribution in [-0.2, 0) is 0 Å². The van der Waals surface area contributed by atoms with Gasteiger partial charge >= 0.3 is 0 Å². The van der Waals surface area contributed by atoms with Gasteiger partial charge in [0, 0.05) is 5.69 Å². The Morgan fingerprint density at radius 2 is 1.92 bits per heavy atom. The van der Waals surface area contributed by atoms with Crippen LogP contribution < -0.4 is 10.6 Å². The number of hydrogen-bond donors (Lipinski definition) is 2. The molecule has 66 valence electrons. The minimum atomic E-state index is 0.368. The number of rotatable bonds is 4. The van der Waals surface area contributed by atoms with E-state index in [2.05, 4.69) is 29.7 Å². The third-order valence-electron chi connectivity index (χ3n) is 1.87. The van der Waals surface area contributed by atoms with Crippen LogP contribution in [0.3, 0.4) is 0 Å². The monoisotopic (exact) mass is 164 g/mol. The van der Waals surface area contributed by atoms with Gasteiger partial charge in [0.15, 0.2) is 0 Å². The molecule has 1 aromatic rings. The second-order valence-electron chi connectivity index (χ2n) is 2.76. The molecule has 0 amide bonds. The van der Waals surface area contributed by atoms with Crippen LogP contribution in [-0.4, -0.2) is 13.2 Å². The zero-order valence-corrected chi connectivity index (χ0v) is 7.67. The maximum absolute atomic E-state index is 3.37. The Morgan fingerprint density at radius 1 is 1.25 bits per heavy atom. The van der Waals surface area contributed by atoms with Crippen molar-refractivity contribution in [1.29, 1.82) is 0 Å². The lowest BCUT2D eigenvalue weighted by Crippen LogP contribution is -2.32. The average Bonchev–Trinajstić information content (AvgIpc) is 2.16. The van der Waals surface area contributed by atoms with Crippen LogP contribution in [0.25, 0.3) is 0 Å². The van der Waals surface area contributed by atoms with E-state index in [0.717, 1.165) is 6.42 Å². The summed E-state index contributed by atoms with van der Waals surface area (Å²) in [5.41, 5.74) is 1.17. The highest BCUT2D eigenvalue weighted by Crippen LogP contribution is 2.06. The van der Waals surface area contributed by atoms with Gasteiger partial charge in [-0.15, -0.1) is 0 Å². The van der Waals surface area contributed by atoms with E-state index < -0.39 is 0 Å². The molecule has 0 aliphatic carbocycles. The number of anilines is 1. The zero-order valence-electron chi connectivity index (χ0n) is 7.67. The summed E-state index contributed by atoms with van der Waals surface area (Å²) in [6.45, 7) is 2.15. The Balaban J connectivity index is 2.51. The van der Waals surface area contributed by atoms with Gasteiger partial charge in [-0.2, -0.15) is 0 Å². The lowest BCUT2D eigenvalue weighted by Gasteiger charge is -2.16. The molecule has 0 aliphatic heterocycles. The normalized spacial score (nSPS) is 12.5. The molecule has 0 saturated carbocycles. The van der Waals surface area contributed by atoms with Gasteiger partial charge in [0.25, 0.3) is 0 Å². The van der Waals surface area contributed by atoms with Crippen molar-refractivity contribution in [2.75, 3.05) is 12.4 Å². The van der Waals surface area contributed by atoms with Gasteiger partial charge in [-0.1, -0.05) is 25.1 Å². The van der Waals surface area contributed by atoms with Crippen molar-refractivity contribution in [2.24, 2.45) is 0 Å². The lowest BCUT2D eigenvalue weighted by molar-refractivity contribution is 0.607. The van der Waals surface area contributed by atoms with Crippen molar-refractivity contribution in [1.82, 2.24) is 5.32 Å². The Morgan fingerprint density at radius 3 is 2.42 bits per heavy atom. The molecule has 0 fully saturated rings. The maximum Gasteiger partial charge on any atom is 0.0763 e. The van der Waals surface area contributed by atoms with Crippen LogP contribution in [0.15, 0.2) is 30.3 Å². The lowest BCUT2D eigenvalue weighted by atomic mass is 10.3. The SMILES string of the molecule is CCC(NC)Nc1ccccc1. The van der Waals surface area contributed by atoms with Gasteiger partial charge in [0.05, 0.1) is 6.17 Å². The molecule has 1 unspecified atom stereocenters. The van der Waals surface area contributed by atoms with Gasteiger partial charge in [0.2, 0.25) is 0 Å². The highest BCUT2D eigenvalue weighted by Gasteiger charge is 1.99. The summed E-state index contributed by atoms with van der Waals surface area (Å²) >= 11 is 0. The molecule has 1 atom stereocenters. The van der Waals surface area contributed by atoms with Crippen molar-refractivity contribution in [3.8, 4) is 0 Å². The molecule has 0 heterocycles. The van der Waals surface area contributed by atoms with E-state index in [1.54, 1.807) is 0 Å². The van der Waals surface area contributed by atoms with Crippen LogP contribution >= 0.6 is 0 Å². The number of benzene rings is 1. The molecule has 2 heteroatoms. The Bertz CT molecular complexity index is 204. The first-order chi connectivity index (χ1) is 5.86. The summed E-state index contributed by atoms with van der Waals surface area (Å²) in [5, 5.41) is 6.56. The Kier molecular flexibility index (Phi) is 3.61. The minimum Gasteiger partial charge on any atom is -0.370 e. The second kappa shape index (κ2) is 4.78. The highest BCUT2D eigenvalue weighted by molar-refractivity contribution is 5.43.